The molecule has 0 N–H and O–H groups in total. The van der Waals surface area contributed by atoms with Gasteiger partial charge in [0.05, 0.1) is 17.7 Å². The molecular weight excluding hydrogens is 406 g/mol. The highest BCUT2D eigenvalue weighted by molar-refractivity contribution is 5.92. The van der Waals surface area contributed by atoms with E-state index in [-0.39, 0.29) is 0 Å². The Kier molecular flexibility index (Phi) is 8.80. The van der Waals surface area contributed by atoms with Crippen molar-refractivity contribution in [3.8, 4) is 17.2 Å². The van der Waals surface area contributed by atoms with Crippen LogP contribution in [-0.4, -0.2) is 23.5 Å². The van der Waals surface area contributed by atoms with Gasteiger partial charge in [0, 0.05) is 12.4 Å². The van der Waals surface area contributed by atoms with Gasteiger partial charge in [-0.1, -0.05) is 32.6 Å². The SMILES string of the molecule is CCCCCCCOc1ccc(C(=O)Oc2ccc(C(=O)Oc3ccncc3)cc2)cc1. The first-order valence-electron chi connectivity index (χ1n) is 10.8. The molecule has 0 amide bonds. The van der Waals surface area contributed by atoms with Crippen molar-refractivity contribution in [1.29, 1.82) is 0 Å². The fourth-order valence-electron chi connectivity index (χ4n) is 2.98. The van der Waals surface area contributed by atoms with E-state index in [2.05, 4.69) is 11.9 Å². The zero-order valence-electron chi connectivity index (χ0n) is 18.2. The lowest BCUT2D eigenvalue weighted by Crippen LogP contribution is -2.10. The lowest BCUT2D eigenvalue weighted by atomic mass is 10.2. The second-order valence-corrected chi connectivity index (χ2v) is 7.27. The quantitative estimate of drug-likeness (QED) is 0.214. The molecule has 0 saturated carbocycles. The highest BCUT2D eigenvalue weighted by Crippen LogP contribution is 2.18. The van der Waals surface area contributed by atoms with Crippen molar-refractivity contribution in [3.63, 3.8) is 0 Å². The van der Waals surface area contributed by atoms with E-state index in [4.69, 9.17) is 14.2 Å². The molecule has 0 aliphatic heterocycles. The molecule has 0 bridgehead atoms. The molecule has 0 aliphatic rings. The maximum absolute atomic E-state index is 12.4. The molecule has 6 nitrogen and oxygen atoms in total. The molecule has 6 heteroatoms. The molecule has 1 heterocycles. The number of esters is 2. The van der Waals surface area contributed by atoms with E-state index in [1.54, 1.807) is 73.1 Å². The molecule has 3 aromatic rings. The van der Waals surface area contributed by atoms with E-state index >= 15 is 0 Å². The van der Waals surface area contributed by atoms with E-state index in [0.29, 0.717) is 29.2 Å². The summed E-state index contributed by atoms with van der Waals surface area (Å²) < 4.78 is 16.4. The highest BCUT2D eigenvalue weighted by Gasteiger charge is 2.12. The van der Waals surface area contributed by atoms with Crippen molar-refractivity contribution in [2.24, 2.45) is 0 Å². The number of hydrogen-bond donors (Lipinski definition) is 0. The lowest BCUT2D eigenvalue weighted by Gasteiger charge is -2.08. The molecule has 0 saturated heterocycles. The number of hydrogen-bond acceptors (Lipinski definition) is 6. The van der Waals surface area contributed by atoms with Gasteiger partial charge >= 0.3 is 11.9 Å². The average molecular weight is 434 g/mol. The zero-order chi connectivity index (χ0) is 22.6. The van der Waals surface area contributed by atoms with Gasteiger partial charge in [0.25, 0.3) is 0 Å². The van der Waals surface area contributed by atoms with Crippen LogP contribution < -0.4 is 14.2 Å². The second-order valence-electron chi connectivity index (χ2n) is 7.27. The minimum absolute atomic E-state index is 0.336. The van der Waals surface area contributed by atoms with Crippen LogP contribution in [0.15, 0.2) is 73.1 Å². The summed E-state index contributed by atoms with van der Waals surface area (Å²) in [5, 5.41) is 0. The molecule has 0 atom stereocenters. The van der Waals surface area contributed by atoms with Crippen LogP contribution in [0.2, 0.25) is 0 Å². The minimum Gasteiger partial charge on any atom is -0.494 e. The molecule has 32 heavy (non-hydrogen) atoms. The normalized spacial score (nSPS) is 10.4. The van der Waals surface area contributed by atoms with Crippen molar-refractivity contribution in [1.82, 2.24) is 4.98 Å². The van der Waals surface area contributed by atoms with Crippen molar-refractivity contribution in [3.05, 3.63) is 84.2 Å². The summed E-state index contributed by atoms with van der Waals surface area (Å²) >= 11 is 0. The van der Waals surface area contributed by atoms with E-state index in [0.717, 1.165) is 12.2 Å². The predicted octanol–water partition coefficient (Wildman–Crippen LogP) is 5.87. The monoisotopic (exact) mass is 433 g/mol. The first kappa shape index (κ1) is 23.0. The van der Waals surface area contributed by atoms with Gasteiger partial charge in [0.15, 0.2) is 0 Å². The average Bonchev–Trinajstić information content (AvgIpc) is 2.83. The molecule has 0 spiro atoms. The lowest BCUT2D eigenvalue weighted by molar-refractivity contribution is 0.0730. The summed E-state index contributed by atoms with van der Waals surface area (Å²) in [5.41, 5.74) is 0.763. The Morgan fingerprint density at radius 2 is 1.16 bits per heavy atom. The van der Waals surface area contributed by atoms with Gasteiger partial charge < -0.3 is 14.2 Å². The third-order valence-corrected chi connectivity index (χ3v) is 4.77. The van der Waals surface area contributed by atoms with Gasteiger partial charge in [-0.15, -0.1) is 0 Å². The fraction of sp³-hybridized carbons (Fsp3) is 0.269. The van der Waals surface area contributed by atoms with Gasteiger partial charge in [-0.05, 0) is 67.1 Å². The van der Waals surface area contributed by atoms with E-state index < -0.39 is 11.9 Å². The first-order valence-corrected chi connectivity index (χ1v) is 10.8. The molecule has 0 radical (unpaired) electrons. The summed E-state index contributed by atoms with van der Waals surface area (Å²) in [6.07, 6.45) is 8.99. The number of aromatic nitrogens is 1. The van der Waals surface area contributed by atoms with E-state index in [1.165, 1.54) is 25.7 Å². The number of ether oxygens (including phenoxy) is 3. The third kappa shape index (κ3) is 7.23. The summed E-state index contributed by atoms with van der Waals surface area (Å²) in [4.78, 5) is 28.4. The Morgan fingerprint density at radius 1 is 0.656 bits per heavy atom. The number of rotatable bonds is 11. The number of carbonyl (C=O) groups is 2. The van der Waals surface area contributed by atoms with Crippen LogP contribution in [0.5, 0.6) is 17.2 Å². The van der Waals surface area contributed by atoms with Crippen LogP contribution in [0.4, 0.5) is 0 Å². The van der Waals surface area contributed by atoms with Gasteiger partial charge in [-0.25, -0.2) is 9.59 Å². The molecule has 3 rings (SSSR count). The van der Waals surface area contributed by atoms with Crippen LogP contribution >= 0.6 is 0 Å². The van der Waals surface area contributed by atoms with Crippen molar-refractivity contribution in [2.75, 3.05) is 6.61 Å². The maximum atomic E-state index is 12.4. The van der Waals surface area contributed by atoms with E-state index in [1.807, 2.05) is 0 Å². The summed E-state index contributed by atoms with van der Waals surface area (Å²) in [6, 6.07) is 16.3. The minimum atomic E-state index is -0.505. The van der Waals surface area contributed by atoms with Crippen molar-refractivity contribution >= 4 is 11.9 Å². The molecule has 166 valence electrons. The molecule has 0 aliphatic carbocycles. The largest absolute Gasteiger partial charge is 0.494 e. The smallest absolute Gasteiger partial charge is 0.343 e. The summed E-state index contributed by atoms with van der Waals surface area (Å²) in [5.74, 6) is 0.486. The molecule has 0 unspecified atom stereocenters. The van der Waals surface area contributed by atoms with Crippen LogP contribution in [0.3, 0.4) is 0 Å². The maximum Gasteiger partial charge on any atom is 0.343 e. The van der Waals surface area contributed by atoms with Gasteiger partial charge in [0.2, 0.25) is 0 Å². The Labute approximate surface area is 188 Å². The Hall–Kier alpha value is -3.67. The number of carbonyl (C=O) groups excluding carboxylic acids is 2. The van der Waals surface area contributed by atoms with E-state index in [9.17, 15) is 9.59 Å². The standard InChI is InChI=1S/C26H27NO5/c1-2-3-4-5-6-19-30-22-11-7-20(8-12-22)25(28)31-23-13-9-21(10-14-23)26(29)32-24-15-17-27-18-16-24/h7-18H,2-6,19H2,1H3. The molecule has 0 fully saturated rings. The highest BCUT2D eigenvalue weighted by atomic mass is 16.5. The Balaban J connectivity index is 1.47. The van der Waals surface area contributed by atoms with Crippen molar-refractivity contribution < 1.29 is 23.8 Å². The Morgan fingerprint density at radius 3 is 1.72 bits per heavy atom. The number of pyridine rings is 1. The molecule has 2 aromatic carbocycles. The third-order valence-electron chi connectivity index (χ3n) is 4.77. The number of unbranched alkanes of at least 4 members (excludes halogenated alkanes) is 4. The van der Waals surface area contributed by atoms with Crippen LogP contribution in [0, 0.1) is 0 Å². The van der Waals surface area contributed by atoms with Crippen LogP contribution in [-0.2, 0) is 0 Å². The Bertz CT molecular complexity index is 985. The number of benzene rings is 2. The van der Waals surface area contributed by atoms with Crippen molar-refractivity contribution in [2.45, 2.75) is 39.0 Å². The van der Waals surface area contributed by atoms with Crippen LogP contribution in [0.1, 0.15) is 59.7 Å². The van der Waals surface area contributed by atoms with Gasteiger partial charge in [-0.3, -0.25) is 4.98 Å². The molecular formula is C26H27NO5. The fourth-order valence-corrected chi connectivity index (χ4v) is 2.98. The topological polar surface area (TPSA) is 74.7 Å². The zero-order valence-corrected chi connectivity index (χ0v) is 18.2. The predicted molar refractivity (Wildman–Crippen MR) is 121 cm³/mol. The van der Waals surface area contributed by atoms with Gasteiger partial charge in [-0.2, -0.15) is 0 Å². The van der Waals surface area contributed by atoms with Gasteiger partial charge in [0.1, 0.15) is 17.2 Å². The second kappa shape index (κ2) is 12.2. The number of nitrogens with zero attached hydrogens (tertiary/aromatic N) is 1. The molecule has 1 aromatic heterocycles. The summed E-state index contributed by atoms with van der Waals surface area (Å²) in [6.45, 7) is 2.86. The van der Waals surface area contributed by atoms with Crippen LogP contribution in [0.25, 0.3) is 0 Å². The first-order chi connectivity index (χ1) is 15.7. The summed E-state index contributed by atoms with van der Waals surface area (Å²) in [7, 11) is 0.